The molecule has 4 nitrogen and oxygen atoms in total. The lowest BCUT2D eigenvalue weighted by Crippen LogP contribution is -2.32. The first kappa shape index (κ1) is 14.0. The van der Waals surface area contributed by atoms with Gasteiger partial charge in [0.1, 0.15) is 0 Å². The van der Waals surface area contributed by atoms with Crippen LogP contribution in [0.1, 0.15) is 37.3 Å². The molecular weight excluding hydrogens is 272 g/mol. The van der Waals surface area contributed by atoms with E-state index >= 15 is 0 Å². The number of hydrogen-bond acceptors (Lipinski definition) is 3. The molecular formula is C15H22N2O2S. The van der Waals surface area contributed by atoms with E-state index in [0.29, 0.717) is 23.9 Å². The number of fused-ring (bicyclic) bond motifs is 1. The maximum absolute atomic E-state index is 12.8. The van der Waals surface area contributed by atoms with E-state index in [1.165, 1.54) is 5.56 Å². The second kappa shape index (κ2) is 5.47. The topological polar surface area (TPSA) is 49.4 Å². The minimum Gasteiger partial charge on any atom is -0.309 e. The number of sulfonamides is 1. The zero-order valence-electron chi connectivity index (χ0n) is 11.9. The quantitative estimate of drug-likeness (QED) is 0.909. The monoisotopic (exact) mass is 294 g/mol. The summed E-state index contributed by atoms with van der Waals surface area (Å²) < 4.78 is 27.2. The molecule has 0 spiro atoms. The summed E-state index contributed by atoms with van der Waals surface area (Å²) in [4.78, 5) is 0.453. The van der Waals surface area contributed by atoms with Gasteiger partial charge in [-0.3, -0.25) is 0 Å². The summed E-state index contributed by atoms with van der Waals surface area (Å²) in [6, 6.07) is 5.55. The van der Waals surface area contributed by atoms with Crippen LogP contribution in [0.15, 0.2) is 23.1 Å². The fourth-order valence-corrected chi connectivity index (χ4v) is 4.60. The van der Waals surface area contributed by atoms with Gasteiger partial charge in [0.15, 0.2) is 0 Å². The Morgan fingerprint density at radius 1 is 1.15 bits per heavy atom. The van der Waals surface area contributed by atoms with Crippen LogP contribution in [-0.4, -0.2) is 25.8 Å². The Labute approximate surface area is 121 Å². The summed E-state index contributed by atoms with van der Waals surface area (Å²) in [6.07, 6.45) is 3.05. The van der Waals surface area contributed by atoms with Crippen LogP contribution in [0, 0.1) is 5.92 Å². The third kappa shape index (κ3) is 2.62. The lowest BCUT2D eigenvalue weighted by molar-refractivity contribution is 0.416. The van der Waals surface area contributed by atoms with E-state index in [2.05, 4.69) is 12.2 Å². The van der Waals surface area contributed by atoms with Crippen molar-refractivity contribution in [3.8, 4) is 0 Å². The third-order valence-corrected chi connectivity index (χ3v) is 6.32. The van der Waals surface area contributed by atoms with Crippen molar-refractivity contribution < 1.29 is 8.42 Å². The lowest BCUT2D eigenvalue weighted by Gasteiger charge is -2.20. The highest BCUT2D eigenvalue weighted by atomic mass is 32.2. The average molecular weight is 294 g/mol. The lowest BCUT2D eigenvalue weighted by atomic mass is 10.0. The molecule has 3 rings (SSSR count). The van der Waals surface area contributed by atoms with Gasteiger partial charge in [-0.05, 0) is 48.4 Å². The number of nitrogens with zero attached hydrogens (tertiary/aromatic N) is 1. The highest BCUT2D eigenvalue weighted by Gasteiger charge is 2.27. The summed E-state index contributed by atoms with van der Waals surface area (Å²) >= 11 is 0. The molecule has 110 valence electrons. The molecule has 1 unspecified atom stereocenters. The third-order valence-electron chi connectivity index (χ3n) is 4.42. The molecule has 1 atom stereocenters. The molecule has 1 fully saturated rings. The summed E-state index contributed by atoms with van der Waals surface area (Å²) in [5, 5.41) is 3.25. The van der Waals surface area contributed by atoms with Crippen LogP contribution in [-0.2, 0) is 23.1 Å². The first-order valence-electron chi connectivity index (χ1n) is 7.40. The van der Waals surface area contributed by atoms with Gasteiger partial charge >= 0.3 is 0 Å². The minimum absolute atomic E-state index is 0.453. The number of benzene rings is 1. The van der Waals surface area contributed by atoms with E-state index in [4.69, 9.17) is 0 Å². The van der Waals surface area contributed by atoms with E-state index in [0.717, 1.165) is 37.9 Å². The zero-order chi connectivity index (χ0) is 14.2. The molecule has 0 radical (unpaired) electrons. The normalized spacial score (nSPS) is 24.4. The van der Waals surface area contributed by atoms with E-state index in [1.54, 1.807) is 10.4 Å². The van der Waals surface area contributed by atoms with Gasteiger partial charge in [0, 0.05) is 26.2 Å². The Morgan fingerprint density at radius 2 is 1.95 bits per heavy atom. The van der Waals surface area contributed by atoms with Crippen LogP contribution in [0.3, 0.4) is 0 Å². The molecule has 1 N–H and O–H groups in total. The Morgan fingerprint density at radius 3 is 2.80 bits per heavy atom. The predicted molar refractivity (Wildman–Crippen MR) is 78.8 cm³/mol. The summed E-state index contributed by atoms with van der Waals surface area (Å²) in [6.45, 7) is 5.13. The van der Waals surface area contributed by atoms with E-state index in [-0.39, 0.29) is 0 Å². The molecule has 5 heteroatoms. The second-order valence-electron chi connectivity index (χ2n) is 5.97. The molecule has 0 aromatic heterocycles. The van der Waals surface area contributed by atoms with Crippen molar-refractivity contribution in [3.05, 3.63) is 29.3 Å². The van der Waals surface area contributed by atoms with Crippen molar-refractivity contribution in [2.45, 2.75) is 44.2 Å². The SMILES string of the molecule is CC1CCCN(S(=O)(=O)c2ccc3c(c2)CNC3)CC1. The van der Waals surface area contributed by atoms with E-state index in [9.17, 15) is 8.42 Å². The number of nitrogens with one attached hydrogen (secondary N) is 1. The van der Waals surface area contributed by atoms with Gasteiger partial charge in [-0.1, -0.05) is 13.0 Å². The first-order valence-corrected chi connectivity index (χ1v) is 8.84. The van der Waals surface area contributed by atoms with Gasteiger partial charge in [-0.2, -0.15) is 4.31 Å². The molecule has 0 amide bonds. The average Bonchev–Trinajstić information content (AvgIpc) is 2.78. The first-order chi connectivity index (χ1) is 9.57. The van der Waals surface area contributed by atoms with E-state index < -0.39 is 10.0 Å². The smallest absolute Gasteiger partial charge is 0.243 e. The Balaban J connectivity index is 1.87. The number of hydrogen-bond donors (Lipinski definition) is 1. The highest BCUT2D eigenvalue weighted by molar-refractivity contribution is 7.89. The van der Waals surface area contributed by atoms with Crippen molar-refractivity contribution in [3.63, 3.8) is 0 Å². The maximum Gasteiger partial charge on any atom is 0.243 e. The Hall–Kier alpha value is -0.910. The fraction of sp³-hybridized carbons (Fsp3) is 0.600. The van der Waals surface area contributed by atoms with Crippen molar-refractivity contribution in [2.24, 2.45) is 5.92 Å². The molecule has 1 aromatic rings. The zero-order valence-corrected chi connectivity index (χ0v) is 12.7. The largest absolute Gasteiger partial charge is 0.309 e. The molecule has 0 bridgehead atoms. The van der Waals surface area contributed by atoms with Crippen LogP contribution < -0.4 is 5.32 Å². The maximum atomic E-state index is 12.8. The fourth-order valence-electron chi connectivity index (χ4n) is 3.06. The standard InChI is InChI=1S/C15H22N2O2S/c1-12-3-2-7-17(8-6-12)20(18,19)15-5-4-13-10-16-11-14(13)9-15/h4-5,9,12,16H,2-3,6-8,10-11H2,1H3. The van der Waals surface area contributed by atoms with Crippen LogP contribution in [0.25, 0.3) is 0 Å². The molecule has 0 saturated carbocycles. The van der Waals surface area contributed by atoms with Gasteiger partial charge in [-0.25, -0.2) is 8.42 Å². The van der Waals surface area contributed by atoms with Crippen LogP contribution >= 0.6 is 0 Å². The van der Waals surface area contributed by atoms with Gasteiger partial charge in [-0.15, -0.1) is 0 Å². The summed E-state index contributed by atoms with van der Waals surface area (Å²) in [5.41, 5.74) is 2.34. The molecule has 1 aromatic carbocycles. The van der Waals surface area contributed by atoms with E-state index in [1.807, 2.05) is 12.1 Å². The molecule has 2 heterocycles. The summed E-state index contributed by atoms with van der Waals surface area (Å²) in [7, 11) is -3.32. The van der Waals surface area contributed by atoms with Gasteiger partial charge < -0.3 is 5.32 Å². The Bertz CT molecular complexity index is 598. The van der Waals surface area contributed by atoms with Crippen molar-refractivity contribution >= 4 is 10.0 Å². The number of rotatable bonds is 2. The molecule has 1 saturated heterocycles. The highest BCUT2D eigenvalue weighted by Crippen LogP contribution is 2.25. The van der Waals surface area contributed by atoms with Gasteiger partial charge in [0.25, 0.3) is 0 Å². The van der Waals surface area contributed by atoms with Crippen molar-refractivity contribution in [1.82, 2.24) is 9.62 Å². The van der Waals surface area contributed by atoms with Crippen molar-refractivity contribution in [2.75, 3.05) is 13.1 Å². The Kier molecular flexibility index (Phi) is 3.84. The predicted octanol–water partition coefficient (Wildman–Crippen LogP) is 2.10. The second-order valence-corrected chi connectivity index (χ2v) is 7.91. The van der Waals surface area contributed by atoms with Crippen LogP contribution in [0.2, 0.25) is 0 Å². The van der Waals surface area contributed by atoms with Crippen LogP contribution in [0.5, 0.6) is 0 Å². The molecule has 2 aliphatic heterocycles. The van der Waals surface area contributed by atoms with Crippen LogP contribution in [0.4, 0.5) is 0 Å². The summed E-state index contributed by atoms with van der Waals surface area (Å²) in [5.74, 6) is 0.624. The van der Waals surface area contributed by atoms with Gasteiger partial charge in [0.2, 0.25) is 10.0 Å². The molecule has 2 aliphatic rings. The molecule has 20 heavy (non-hydrogen) atoms. The minimum atomic E-state index is -3.32. The van der Waals surface area contributed by atoms with Crippen molar-refractivity contribution in [1.29, 1.82) is 0 Å². The van der Waals surface area contributed by atoms with Gasteiger partial charge in [0.05, 0.1) is 4.90 Å². The molecule has 0 aliphatic carbocycles.